The van der Waals surface area contributed by atoms with Gasteiger partial charge < -0.3 is 20.2 Å². The van der Waals surface area contributed by atoms with Crippen molar-refractivity contribution in [3.8, 4) is 0 Å². The third-order valence-electron chi connectivity index (χ3n) is 1.15. The summed E-state index contributed by atoms with van der Waals surface area (Å²) in [6.45, 7) is 0.828. The number of nitrogens with zero attached hydrogens (tertiary/aromatic N) is 1. The Kier molecular flexibility index (Phi) is 5.64. The normalized spacial score (nSPS) is 14.3. The Morgan fingerprint density at radius 2 is 2.08 bits per heavy atom. The highest BCUT2D eigenvalue weighted by Crippen LogP contribution is 2.14. The second kappa shape index (κ2) is 5.65. The summed E-state index contributed by atoms with van der Waals surface area (Å²) in [7, 11) is 3.59. The summed E-state index contributed by atoms with van der Waals surface area (Å²) < 4.78 is 5.30. The standard InChI is InChI=1S/C7H17N2O3P/c1-9(2,3)6-7(10)13(11)12-5-4-8/h4-6,8H2,1-3H3/p+1. The lowest BCUT2D eigenvalue weighted by Crippen LogP contribution is -2.39. The van der Waals surface area contributed by atoms with E-state index in [4.69, 9.17) is 10.3 Å². The number of hydrogen-bond acceptors (Lipinski definition) is 3. The first-order chi connectivity index (χ1) is 5.87. The molecule has 0 spiro atoms. The summed E-state index contributed by atoms with van der Waals surface area (Å²) in [5.41, 5.74) is 5.04. The van der Waals surface area contributed by atoms with Crippen LogP contribution in [0.15, 0.2) is 0 Å². The molecule has 0 aromatic heterocycles. The predicted octanol–water partition coefficient (Wildman–Crippen LogP) is -1.16. The van der Waals surface area contributed by atoms with E-state index in [-0.39, 0.29) is 12.1 Å². The predicted molar refractivity (Wildman–Crippen MR) is 51.8 cm³/mol. The first-order valence-electron chi connectivity index (χ1n) is 4.02. The Balaban J connectivity index is 4.11. The van der Waals surface area contributed by atoms with Crippen LogP contribution in [-0.4, -0.2) is 55.9 Å². The van der Waals surface area contributed by atoms with Crippen molar-refractivity contribution in [3.63, 3.8) is 0 Å². The van der Waals surface area contributed by atoms with Crippen molar-refractivity contribution in [2.24, 2.45) is 5.73 Å². The Hall–Kier alpha value is -0.0300. The van der Waals surface area contributed by atoms with Crippen molar-refractivity contribution >= 4 is 13.5 Å². The summed E-state index contributed by atoms with van der Waals surface area (Å²) in [5.74, 6) is 0. The van der Waals surface area contributed by atoms with Gasteiger partial charge in [-0.3, -0.25) is 0 Å². The molecule has 0 radical (unpaired) electrons. The topological polar surface area (TPSA) is 78.5 Å². The van der Waals surface area contributed by atoms with Crippen molar-refractivity contribution in [1.29, 1.82) is 0 Å². The minimum atomic E-state index is -2.09. The SMILES string of the molecule is C[N+](C)(C)C/C(O)=[P+](\[O-])OCCN. The van der Waals surface area contributed by atoms with Gasteiger partial charge in [0.2, 0.25) is 0 Å². The molecule has 0 aliphatic heterocycles. The quantitative estimate of drug-likeness (QED) is 0.442. The van der Waals surface area contributed by atoms with Crippen LogP contribution in [0.5, 0.6) is 0 Å². The molecule has 0 aromatic rings. The number of rotatable bonds is 5. The van der Waals surface area contributed by atoms with E-state index in [0.717, 1.165) is 0 Å². The van der Waals surface area contributed by atoms with Crippen LogP contribution < -0.4 is 10.6 Å². The maximum atomic E-state index is 11.2. The maximum Gasteiger partial charge on any atom is 0.308 e. The lowest BCUT2D eigenvalue weighted by Gasteiger charge is -2.21. The number of hydrogen-bond donors (Lipinski definition) is 2. The molecule has 0 fully saturated rings. The molecule has 78 valence electrons. The summed E-state index contributed by atoms with van der Waals surface area (Å²) in [6.07, 6.45) is 0. The van der Waals surface area contributed by atoms with E-state index in [1.54, 1.807) is 0 Å². The summed E-state index contributed by atoms with van der Waals surface area (Å²) >= 11 is 0. The van der Waals surface area contributed by atoms with Crippen LogP contribution in [0.2, 0.25) is 0 Å². The Bertz CT molecular complexity index is 189. The second-order valence-electron chi connectivity index (χ2n) is 3.74. The molecule has 6 heteroatoms. The zero-order valence-electron chi connectivity index (χ0n) is 8.36. The molecule has 0 bridgehead atoms. The van der Waals surface area contributed by atoms with Crippen molar-refractivity contribution in [2.75, 3.05) is 40.8 Å². The van der Waals surface area contributed by atoms with E-state index in [1.807, 2.05) is 21.1 Å². The highest BCUT2D eigenvalue weighted by molar-refractivity contribution is 7.46. The first kappa shape index (κ1) is 13.0. The van der Waals surface area contributed by atoms with E-state index in [0.29, 0.717) is 17.6 Å². The zero-order chi connectivity index (χ0) is 10.5. The highest BCUT2D eigenvalue weighted by atomic mass is 31.1. The fraction of sp³-hybridized carbons (Fsp3) is 0.857. The number of aliphatic hydroxyl groups is 1. The second-order valence-corrected chi connectivity index (χ2v) is 5.03. The van der Waals surface area contributed by atoms with Gasteiger partial charge in [-0.2, -0.15) is 4.52 Å². The Labute approximate surface area is 79.9 Å². The molecule has 3 N–H and O–H groups in total. The summed E-state index contributed by atoms with van der Waals surface area (Å²) in [4.78, 5) is 11.2. The van der Waals surface area contributed by atoms with Gasteiger partial charge in [0.25, 0.3) is 8.00 Å². The molecule has 1 unspecified atom stereocenters. The molecular weight excluding hydrogens is 191 g/mol. The minimum Gasteiger partial charge on any atom is -0.601 e. The van der Waals surface area contributed by atoms with Crippen LogP contribution in [-0.2, 0) is 4.52 Å². The molecule has 0 saturated heterocycles. The van der Waals surface area contributed by atoms with Gasteiger partial charge in [0, 0.05) is 6.54 Å². The maximum absolute atomic E-state index is 11.2. The van der Waals surface area contributed by atoms with Gasteiger partial charge in [0.05, 0.1) is 21.1 Å². The van der Waals surface area contributed by atoms with Gasteiger partial charge in [0.15, 0.2) is 6.54 Å². The highest BCUT2D eigenvalue weighted by Gasteiger charge is 2.18. The third kappa shape index (κ3) is 7.07. The Morgan fingerprint density at radius 1 is 1.54 bits per heavy atom. The fourth-order valence-corrected chi connectivity index (χ4v) is 1.65. The van der Waals surface area contributed by atoms with Crippen LogP contribution in [0, 0.1) is 0 Å². The number of aliphatic hydroxyl groups excluding tert-OH is 1. The molecule has 0 amide bonds. The molecule has 5 nitrogen and oxygen atoms in total. The van der Waals surface area contributed by atoms with Gasteiger partial charge in [-0.05, 0) is 0 Å². The van der Waals surface area contributed by atoms with E-state index in [2.05, 4.69) is 0 Å². The number of nitrogens with two attached hydrogens (primary N) is 1. The number of quaternary nitrogens is 1. The van der Waals surface area contributed by atoms with Crippen LogP contribution >= 0.6 is 8.00 Å². The van der Waals surface area contributed by atoms with E-state index < -0.39 is 8.00 Å². The average molecular weight is 209 g/mol. The smallest absolute Gasteiger partial charge is 0.308 e. The lowest BCUT2D eigenvalue weighted by molar-refractivity contribution is -0.861. The van der Waals surface area contributed by atoms with Crippen LogP contribution in [0.25, 0.3) is 0 Å². The summed E-state index contributed by atoms with van der Waals surface area (Å²) in [6, 6.07) is 0. The van der Waals surface area contributed by atoms with Crippen molar-refractivity contribution in [2.45, 2.75) is 0 Å². The molecule has 13 heavy (non-hydrogen) atoms. The first-order valence-corrected chi connectivity index (χ1v) is 5.20. The monoisotopic (exact) mass is 209 g/mol. The molecule has 0 aliphatic carbocycles. The molecule has 0 heterocycles. The van der Waals surface area contributed by atoms with Crippen LogP contribution in [0.4, 0.5) is 0 Å². The molecule has 0 saturated carbocycles. The van der Waals surface area contributed by atoms with Gasteiger partial charge in [0.1, 0.15) is 6.61 Å². The van der Waals surface area contributed by atoms with Crippen LogP contribution in [0.1, 0.15) is 0 Å². The van der Waals surface area contributed by atoms with Gasteiger partial charge in [-0.1, -0.05) is 0 Å². The van der Waals surface area contributed by atoms with E-state index in [9.17, 15) is 10.00 Å². The van der Waals surface area contributed by atoms with Crippen molar-refractivity contribution in [1.82, 2.24) is 0 Å². The van der Waals surface area contributed by atoms with Crippen LogP contribution in [0.3, 0.4) is 0 Å². The molecule has 0 aliphatic rings. The molecule has 1 atom stereocenters. The fourth-order valence-electron chi connectivity index (χ4n) is 0.692. The Morgan fingerprint density at radius 3 is 2.46 bits per heavy atom. The largest absolute Gasteiger partial charge is 0.601 e. The molecule has 0 rings (SSSR count). The molecular formula is C7H18N2O3P+. The summed E-state index contributed by atoms with van der Waals surface area (Å²) in [5, 5.41) is 9.33. The minimum absolute atomic E-state index is 0.115. The van der Waals surface area contributed by atoms with Crippen molar-refractivity contribution in [3.05, 3.63) is 0 Å². The van der Waals surface area contributed by atoms with E-state index >= 15 is 0 Å². The zero-order valence-corrected chi connectivity index (χ0v) is 9.25. The van der Waals surface area contributed by atoms with Gasteiger partial charge in [-0.25, -0.2) is 0 Å². The van der Waals surface area contributed by atoms with Crippen molar-refractivity contribution < 1.29 is 19.0 Å². The molecule has 0 aromatic carbocycles. The third-order valence-corrected chi connectivity index (χ3v) is 2.13. The van der Waals surface area contributed by atoms with Gasteiger partial charge in [-0.15, -0.1) is 0 Å². The average Bonchev–Trinajstić information content (AvgIpc) is 1.96. The number of likely N-dealkylation sites (N-methyl/N-ethyl adjacent to an activating group) is 1. The van der Waals surface area contributed by atoms with E-state index in [1.165, 1.54) is 0 Å². The van der Waals surface area contributed by atoms with Gasteiger partial charge >= 0.3 is 5.48 Å². The lowest BCUT2D eigenvalue weighted by atomic mass is 10.5.